The van der Waals surface area contributed by atoms with E-state index in [9.17, 15) is 4.79 Å². The predicted molar refractivity (Wildman–Crippen MR) is 101 cm³/mol. The molecule has 25 heavy (non-hydrogen) atoms. The fraction of sp³-hybridized carbons (Fsp3) is 0.600. The van der Waals surface area contributed by atoms with Crippen LogP contribution in [0, 0.1) is 5.92 Å². The van der Waals surface area contributed by atoms with Crippen LogP contribution in [-0.4, -0.2) is 35.9 Å². The third kappa shape index (κ3) is 5.48. The van der Waals surface area contributed by atoms with E-state index in [1.54, 1.807) is 0 Å². The highest BCUT2D eigenvalue weighted by Gasteiger charge is 2.29. The number of guanidine groups is 1. The van der Waals surface area contributed by atoms with Crippen LogP contribution in [0.15, 0.2) is 35.3 Å². The third-order valence-corrected chi connectivity index (χ3v) is 5.24. The molecule has 1 saturated carbocycles. The van der Waals surface area contributed by atoms with Gasteiger partial charge in [-0.05, 0) is 18.4 Å². The van der Waals surface area contributed by atoms with E-state index in [0.717, 1.165) is 6.54 Å². The minimum Gasteiger partial charge on any atom is -0.370 e. The van der Waals surface area contributed by atoms with Crippen LogP contribution in [0.4, 0.5) is 0 Å². The zero-order valence-corrected chi connectivity index (χ0v) is 15.0. The monoisotopic (exact) mass is 342 g/mol. The molecule has 1 aliphatic heterocycles. The van der Waals surface area contributed by atoms with Crippen molar-refractivity contribution in [3.63, 3.8) is 0 Å². The zero-order chi connectivity index (χ0) is 17.5. The summed E-state index contributed by atoms with van der Waals surface area (Å²) >= 11 is 0. The van der Waals surface area contributed by atoms with Crippen LogP contribution in [0.1, 0.15) is 50.5 Å². The molecule has 1 aromatic carbocycles. The van der Waals surface area contributed by atoms with Gasteiger partial charge in [0.05, 0.1) is 0 Å². The van der Waals surface area contributed by atoms with Gasteiger partial charge in [0.2, 0.25) is 5.91 Å². The summed E-state index contributed by atoms with van der Waals surface area (Å²) in [4.78, 5) is 18.7. The second-order valence-electron chi connectivity index (χ2n) is 7.39. The highest BCUT2D eigenvalue weighted by Crippen LogP contribution is 2.21. The molecule has 1 aromatic rings. The molecule has 1 saturated heterocycles. The van der Waals surface area contributed by atoms with Crippen molar-refractivity contribution >= 4 is 11.9 Å². The predicted octanol–water partition coefficient (Wildman–Crippen LogP) is 2.66. The molecule has 1 heterocycles. The Bertz CT molecular complexity index is 579. The largest absolute Gasteiger partial charge is 0.370 e. The van der Waals surface area contributed by atoms with Gasteiger partial charge in [-0.2, -0.15) is 0 Å². The Hall–Kier alpha value is -2.04. The maximum Gasteiger partial charge on any atom is 0.223 e. The van der Waals surface area contributed by atoms with E-state index in [1.165, 1.54) is 44.1 Å². The van der Waals surface area contributed by atoms with Gasteiger partial charge in [0.1, 0.15) is 0 Å². The van der Waals surface area contributed by atoms with E-state index < -0.39 is 0 Å². The smallest absolute Gasteiger partial charge is 0.223 e. The number of carbonyl (C=O) groups excluding carboxylic acids is 1. The van der Waals surface area contributed by atoms with Crippen LogP contribution in [0.25, 0.3) is 0 Å². The fourth-order valence-electron chi connectivity index (χ4n) is 3.84. The van der Waals surface area contributed by atoms with Crippen LogP contribution in [-0.2, 0) is 11.3 Å². The molecule has 1 unspecified atom stereocenters. The number of aliphatic imine (C=N–C) groups is 1. The quantitative estimate of drug-likeness (QED) is 0.491. The molecule has 2 fully saturated rings. The van der Waals surface area contributed by atoms with Gasteiger partial charge < -0.3 is 16.0 Å². The van der Waals surface area contributed by atoms with E-state index in [2.05, 4.69) is 22.4 Å². The average molecular weight is 342 g/mol. The summed E-state index contributed by atoms with van der Waals surface area (Å²) in [5.41, 5.74) is 7.24. The first kappa shape index (κ1) is 17.8. The van der Waals surface area contributed by atoms with Crippen LogP contribution in [0.2, 0.25) is 0 Å². The van der Waals surface area contributed by atoms with Crippen molar-refractivity contribution < 1.29 is 4.79 Å². The molecule has 136 valence electrons. The summed E-state index contributed by atoms with van der Waals surface area (Å²) in [6, 6.07) is 10.6. The van der Waals surface area contributed by atoms with Crippen LogP contribution in [0.3, 0.4) is 0 Å². The lowest BCUT2D eigenvalue weighted by Crippen LogP contribution is -2.40. The molecular weight excluding hydrogens is 312 g/mol. The highest BCUT2D eigenvalue weighted by molar-refractivity contribution is 5.79. The Labute approximate surface area is 150 Å². The number of hydrogen-bond donors (Lipinski definition) is 2. The standard InChI is InChI=1S/C20H30N4O/c21-20(23-18-10-6-1-2-7-11-18)22-13-17-12-19(25)24(15-17)14-16-8-4-3-5-9-16/h3-5,8-9,17-18H,1-2,6-7,10-15H2,(H3,21,22,23). The second kappa shape index (κ2) is 8.88. The van der Waals surface area contributed by atoms with Crippen LogP contribution in [0.5, 0.6) is 0 Å². The molecule has 0 spiro atoms. The van der Waals surface area contributed by atoms with Gasteiger partial charge in [-0.15, -0.1) is 0 Å². The van der Waals surface area contributed by atoms with Crippen molar-refractivity contribution in [1.29, 1.82) is 0 Å². The van der Waals surface area contributed by atoms with E-state index in [1.807, 2.05) is 23.1 Å². The van der Waals surface area contributed by atoms with Gasteiger partial charge in [-0.3, -0.25) is 9.79 Å². The van der Waals surface area contributed by atoms with Crippen LogP contribution >= 0.6 is 0 Å². The number of nitrogens with two attached hydrogens (primary N) is 1. The van der Waals surface area contributed by atoms with E-state index >= 15 is 0 Å². The van der Waals surface area contributed by atoms with Crippen molar-refractivity contribution in [3.05, 3.63) is 35.9 Å². The average Bonchev–Trinajstić information content (AvgIpc) is 2.80. The molecule has 0 aromatic heterocycles. The number of nitrogens with zero attached hydrogens (tertiary/aromatic N) is 2. The summed E-state index contributed by atoms with van der Waals surface area (Å²) in [6.45, 7) is 2.09. The van der Waals surface area contributed by atoms with Gasteiger partial charge in [0.15, 0.2) is 5.96 Å². The summed E-state index contributed by atoms with van der Waals surface area (Å²) in [5, 5.41) is 3.37. The zero-order valence-electron chi connectivity index (χ0n) is 15.0. The molecule has 5 heteroatoms. The minimum absolute atomic E-state index is 0.222. The Morgan fingerprint density at radius 2 is 1.88 bits per heavy atom. The van der Waals surface area contributed by atoms with Crippen LogP contribution < -0.4 is 11.1 Å². The molecule has 5 nitrogen and oxygen atoms in total. The van der Waals surface area contributed by atoms with Crippen molar-refractivity contribution in [2.45, 2.75) is 57.5 Å². The molecule has 1 atom stereocenters. The third-order valence-electron chi connectivity index (χ3n) is 5.24. The molecule has 0 radical (unpaired) electrons. The summed E-state index contributed by atoms with van der Waals surface area (Å²) < 4.78 is 0. The Morgan fingerprint density at radius 3 is 2.60 bits per heavy atom. The number of rotatable bonds is 5. The number of amides is 1. The number of nitrogens with one attached hydrogen (secondary N) is 1. The van der Waals surface area contributed by atoms with Gasteiger partial charge in [-0.1, -0.05) is 56.0 Å². The fourth-order valence-corrected chi connectivity index (χ4v) is 3.84. The lowest BCUT2D eigenvalue weighted by Gasteiger charge is -2.18. The van der Waals surface area contributed by atoms with Gasteiger partial charge in [-0.25, -0.2) is 0 Å². The summed E-state index contributed by atoms with van der Waals surface area (Å²) in [5.74, 6) is 1.03. The lowest BCUT2D eigenvalue weighted by atomic mass is 10.1. The maximum absolute atomic E-state index is 12.2. The normalized spacial score (nSPS) is 22.9. The molecule has 3 rings (SSSR count). The molecule has 2 aliphatic rings. The molecule has 3 N–H and O–H groups in total. The van der Waals surface area contributed by atoms with Crippen molar-refractivity contribution in [3.8, 4) is 0 Å². The lowest BCUT2D eigenvalue weighted by molar-refractivity contribution is -0.128. The first-order valence-electron chi connectivity index (χ1n) is 9.59. The number of likely N-dealkylation sites (tertiary alicyclic amines) is 1. The second-order valence-corrected chi connectivity index (χ2v) is 7.39. The Morgan fingerprint density at radius 1 is 1.16 bits per heavy atom. The van der Waals surface area contributed by atoms with Gasteiger partial charge >= 0.3 is 0 Å². The van der Waals surface area contributed by atoms with Gasteiger partial charge in [0, 0.05) is 38.0 Å². The number of benzene rings is 1. The van der Waals surface area contributed by atoms with Gasteiger partial charge in [0.25, 0.3) is 0 Å². The van der Waals surface area contributed by atoms with Crippen molar-refractivity contribution in [2.75, 3.05) is 13.1 Å². The molecule has 0 bridgehead atoms. The van der Waals surface area contributed by atoms with Crippen molar-refractivity contribution in [1.82, 2.24) is 10.2 Å². The number of carbonyl (C=O) groups is 1. The maximum atomic E-state index is 12.2. The van der Waals surface area contributed by atoms with E-state index in [0.29, 0.717) is 31.5 Å². The highest BCUT2D eigenvalue weighted by atomic mass is 16.2. The molecule has 1 aliphatic carbocycles. The van der Waals surface area contributed by atoms with E-state index in [-0.39, 0.29) is 11.8 Å². The van der Waals surface area contributed by atoms with Crippen molar-refractivity contribution in [2.24, 2.45) is 16.6 Å². The van der Waals surface area contributed by atoms with E-state index in [4.69, 9.17) is 5.73 Å². The minimum atomic E-state index is 0.222. The topological polar surface area (TPSA) is 70.7 Å². The first-order chi connectivity index (χ1) is 12.2. The SMILES string of the molecule is NC(=NCC1CC(=O)N(Cc2ccccc2)C1)NC1CCCCCC1. The molecular formula is C20H30N4O. The Balaban J connectivity index is 1.45. The molecule has 1 amide bonds. The first-order valence-corrected chi connectivity index (χ1v) is 9.59. The summed E-state index contributed by atoms with van der Waals surface area (Å²) in [6.07, 6.45) is 8.15. The summed E-state index contributed by atoms with van der Waals surface area (Å²) in [7, 11) is 0. The number of hydrogen-bond acceptors (Lipinski definition) is 2. The Kier molecular flexibility index (Phi) is 6.31.